The molecule has 0 bridgehead atoms. The molecule has 0 aromatic carbocycles. The van der Waals surface area contributed by atoms with Gasteiger partial charge in [0.1, 0.15) is 11.4 Å². The van der Waals surface area contributed by atoms with E-state index >= 15 is 0 Å². The molecule has 1 rings (SSSR count). The maximum atomic E-state index is 12.6. The van der Waals surface area contributed by atoms with Gasteiger partial charge in [-0.2, -0.15) is 0 Å². The van der Waals surface area contributed by atoms with Crippen LogP contribution in [0.2, 0.25) is 5.28 Å². The molecule has 0 aliphatic carbocycles. The highest BCUT2D eigenvalue weighted by atomic mass is 35.5. The van der Waals surface area contributed by atoms with Crippen LogP contribution >= 0.6 is 11.6 Å². The molecule has 1 aromatic rings. The summed E-state index contributed by atoms with van der Waals surface area (Å²) in [6.07, 6.45) is 1.39. The molecule has 5 nitrogen and oxygen atoms in total. The van der Waals surface area contributed by atoms with Crippen molar-refractivity contribution in [3.8, 4) is 0 Å². The lowest BCUT2D eigenvalue weighted by molar-refractivity contribution is 0.0575. The highest BCUT2D eigenvalue weighted by Gasteiger charge is 2.25. The normalized spacial score (nSPS) is 11.9. The lowest BCUT2D eigenvalue weighted by Gasteiger charge is -2.28. The van der Waals surface area contributed by atoms with Gasteiger partial charge in [0, 0.05) is 18.3 Å². The molecule has 24 heavy (non-hydrogen) atoms. The van der Waals surface area contributed by atoms with Crippen molar-refractivity contribution in [3.63, 3.8) is 0 Å². The molecule has 0 unspecified atom stereocenters. The fourth-order valence-electron chi connectivity index (χ4n) is 2.10. The first-order valence-corrected chi connectivity index (χ1v) is 8.89. The van der Waals surface area contributed by atoms with Crippen molar-refractivity contribution in [2.45, 2.75) is 66.9 Å². The summed E-state index contributed by atoms with van der Waals surface area (Å²) >= 11 is 6.08. The average Bonchev–Trinajstić information content (AvgIpc) is 2.39. The van der Waals surface area contributed by atoms with Gasteiger partial charge in [-0.25, -0.2) is 14.8 Å². The number of halogens is 1. The van der Waals surface area contributed by atoms with Crippen LogP contribution in [0.5, 0.6) is 0 Å². The van der Waals surface area contributed by atoms with E-state index in [1.807, 2.05) is 40.7 Å². The van der Waals surface area contributed by atoms with E-state index in [1.54, 1.807) is 4.90 Å². The largest absolute Gasteiger partial charge is 0.443 e. The molecular formula is C18H30ClN3O2. The first-order chi connectivity index (χ1) is 11.0. The fourth-order valence-corrected chi connectivity index (χ4v) is 2.29. The molecule has 1 aromatic heterocycles. The molecule has 1 heterocycles. The van der Waals surface area contributed by atoms with Crippen LogP contribution in [0.1, 0.15) is 60.6 Å². The van der Waals surface area contributed by atoms with E-state index in [-0.39, 0.29) is 11.2 Å². The molecule has 0 spiro atoms. The Morgan fingerprint density at radius 3 is 2.33 bits per heavy atom. The van der Waals surface area contributed by atoms with Gasteiger partial charge in [-0.3, -0.25) is 4.90 Å². The van der Waals surface area contributed by atoms with E-state index in [0.29, 0.717) is 18.3 Å². The highest BCUT2D eigenvalue weighted by molar-refractivity contribution is 6.28. The Labute approximate surface area is 150 Å². The average molecular weight is 356 g/mol. The zero-order valence-electron chi connectivity index (χ0n) is 15.9. The molecule has 0 atom stereocenters. The smallest absolute Gasteiger partial charge is 0.416 e. The minimum absolute atomic E-state index is 0.156. The molecule has 0 aliphatic rings. The summed E-state index contributed by atoms with van der Waals surface area (Å²) in [7, 11) is 0. The van der Waals surface area contributed by atoms with Crippen molar-refractivity contribution in [2.24, 2.45) is 11.8 Å². The lowest BCUT2D eigenvalue weighted by atomic mass is 10.1. The summed E-state index contributed by atoms with van der Waals surface area (Å²) in [6.45, 7) is 14.5. The van der Waals surface area contributed by atoms with Crippen LogP contribution in [0.25, 0.3) is 0 Å². The highest BCUT2D eigenvalue weighted by Crippen LogP contribution is 2.21. The second-order valence-corrected chi connectivity index (χ2v) is 8.24. The maximum Gasteiger partial charge on any atom is 0.416 e. The van der Waals surface area contributed by atoms with Crippen LogP contribution in [-0.4, -0.2) is 28.2 Å². The van der Waals surface area contributed by atoms with E-state index in [9.17, 15) is 4.79 Å². The molecule has 0 fully saturated rings. The molecule has 1 amide bonds. The number of ether oxygens (including phenoxy) is 1. The van der Waals surface area contributed by atoms with Crippen LogP contribution in [-0.2, 0) is 11.2 Å². The van der Waals surface area contributed by atoms with Crippen LogP contribution < -0.4 is 4.90 Å². The SMILES string of the molecule is CC(C)CCc1cc(N(CC(C)C)C(=O)OC(C)(C)C)nc(Cl)n1. The summed E-state index contributed by atoms with van der Waals surface area (Å²) in [5.74, 6) is 1.34. The molecule has 0 aliphatic heterocycles. The van der Waals surface area contributed by atoms with Gasteiger partial charge in [0.25, 0.3) is 0 Å². The molecule has 0 saturated heterocycles. The van der Waals surface area contributed by atoms with E-state index in [1.165, 1.54) is 0 Å². The summed E-state index contributed by atoms with van der Waals surface area (Å²) in [6, 6.07) is 1.83. The number of anilines is 1. The predicted molar refractivity (Wildman–Crippen MR) is 98.6 cm³/mol. The fraction of sp³-hybridized carbons (Fsp3) is 0.722. The Bertz CT molecular complexity index is 554. The van der Waals surface area contributed by atoms with Gasteiger partial charge in [0.05, 0.1) is 0 Å². The van der Waals surface area contributed by atoms with Crippen LogP contribution in [0, 0.1) is 11.8 Å². The first-order valence-electron chi connectivity index (χ1n) is 8.52. The predicted octanol–water partition coefficient (Wildman–Crippen LogP) is 5.12. The maximum absolute atomic E-state index is 12.6. The van der Waals surface area contributed by atoms with Crippen molar-refractivity contribution in [2.75, 3.05) is 11.4 Å². The van der Waals surface area contributed by atoms with Crippen LogP contribution in [0.4, 0.5) is 10.6 Å². The molecular weight excluding hydrogens is 326 g/mol. The second-order valence-electron chi connectivity index (χ2n) is 7.90. The number of aromatic nitrogens is 2. The Hall–Kier alpha value is -1.36. The molecule has 0 N–H and O–H groups in total. The van der Waals surface area contributed by atoms with Crippen molar-refractivity contribution in [1.29, 1.82) is 0 Å². The van der Waals surface area contributed by atoms with E-state index in [2.05, 4.69) is 23.8 Å². The zero-order chi connectivity index (χ0) is 18.5. The Balaban J connectivity index is 3.10. The Kier molecular flexibility index (Phi) is 7.46. The van der Waals surface area contributed by atoms with Gasteiger partial charge in [-0.15, -0.1) is 0 Å². The molecule has 6 heteroatoms. The van der Waals surface area contributed by atoms with Crippen molar-refractivity contribution >= 4 is 23.5 Å². The van der Waals surface area contributed by atoms with Gasteiger partial charge < -0.3 is 4.74 Å². The topological polar surface area (TPSA) is 55.3 Å². The summed E-state index contributed by atoms with van der Waals surface area (Å²) in [4.78, 5) is 22.6. The number of carbonyl (C=O) groups is 1. The number of aryl methyl sites for hydroxylation is 1. The number of carbonyl (C=O) groups excluding carboxylic acids is 1. The van der Waals surface area contributed by atoms with Gasteiger partial charge in [-0.1, -0.05) is 27.7 Å². The third-order valence-electron chi connectivity index (χ3n) is 3.15. The molecule has 136 valence electrons. The number of nitrogens with zero attached hydrogens (tertiary/aromatic N) is 3. The lowest BCUT2D eigenvalue weighted by Crippen LogP contribution is -2.39. The number of hydrogen-bond acceptors (Lipinski definition) is 4. The van der Waals surface area contributed by atoms with E-state index < -0.39 is 11.7 Å². The summed E-state index contributed by atoms with van der Waals surface area (Å²) in [5.41, 5.74) is 0.278. The second kappa shape index (κ2) is 8.65. The standard InChI is InChI=1S/C18H30ClN3O2/c1-12(2)8-9-14-10-15(21-16(19)20-14)22(11-13(3)4)17(23)24-18(5,6)7/h10,12-13H,8-9,11H2,1-7H3. The molecule has 0 saturated carbocycles. The number of rotatable bonds is 6. The monoisotopic (exact) mass is 355 g/mol. The Morgan fingerprint density at radius 2 is 1.83 bits per heavy atom. The van der Waals surface area contributed by atoms with Crippen molar-refractivity contribution in [1.82, 2.24) is 9.97 Å². The minimum atomic E-state index is -0.566. The van der Waals surface area contributed by atoms with Gasteiger partial charge >= 0.3 is 6.09 Å². The minimum Gasteiger partial charge on any atom is -0.443 e. The summed E-state index contributed by atoms with van der Waals surface area (Å²) < 4.78 is 5.52. The third-order valence-corrected chi connectivity index (χ3v) is 3.32. The van der Waals surface area contributed by atoms with Gasteiger partial charge in [0.2, 0.25) is 5.28 Å². The Morgan fingerprint density at radius 1 is 1.21 bits per heavy atom. The zero-order valence-corrected chi connectivity index (χ0v) is 16.6. The van der Waals surface area contributed by atoms with Crippen LogP contribution in [0.3, 0.4) is 0 Å². The van der Waals surface area contributed by atoms with Gasteiger partial charge in [-0.05, 0) is 57.0 Å². The van der Waals surface area contributed by atoms with E-state index in [0.717, 1.165) is 18.5 Å². The van der Waals surface area contributed by atoms with Crippen LogP contribution in [0.15, 0.2) is 6.07 Å². The quantitative estimate of drug-likeness (QED) is 0.665. The number of hydrogen-bond donors (Lipinski definition) is 0. The third kappa shape index (κ3) is 7.47. The van der Waals surface area contributed by atoms with Gasteiger partial charge in [0.15, 0.2) is 0 Å². The molecule has 0 radical (unpaired) electrons. The van der Waals surface area contributed by atoms with E-state index in [4.69, 9.17) is 16.3 Å². The number of amides is 1. The van der Waals surface area contributed by atoms with Crippen molar-refractivity contribution in [3.05, 3.63) is 17.0 Å². The summed E-state index contributed by atoms with van der Waals surface area (Å²) in [5, 5.41) is 0.156. The first kappa shape index (κ1) is 20.7. The van der Waals surface area contributed by atoms with Crippen molar-refractivity contribution < 1.29 is 9.53 Å².